The van der Waals surface area contributed by atoms with Crippen LogP contribution in [0.25, 0.3) is 0 Å². The van der Waals surface area contributed by atoms with E-state index in [-0.39, 0.29) is 12.0 Å². The summed E-state index contributed by atoms with van der Waals surface area (Å²) in [6.07, 6.45) is 1.78. The van der Waals surface area contributed by atoms with Crippen molar-refractivity contribution in [2.75, 3.05) is 6.54 Å². The summed E-state index contributed by atoms with van der Waals surface area (Å²) in [5, 5.41) is 12.9. The Balaban J connectivity index is 1.77. The predicted molar refractivity (Wildman–Crippen MR) is 77.9 cm³/mol. The zero-order chi connectivity index (χ0) is 14.5. The largest absolute Gasteiger partial charge is 0.481 e. The quantitative estimate of drug-likeness (QED) is 0.877. The molecular formula is C15H20ClNO3. The summed E-state index contributed by atoms with van der Waals surface area (Å²) in [4.78, 5) is 11.9. The fourth-order valence-electron chi connectivity index (χ4n) is 2.42. The molecule has 0 aromatic heterocycles. The lowest BCUT2D eigenvalue weighted by atomic mass is 10.1. The first-order valence-corrected chi connectivity index (χ1v) is 7.30. The summed E-state index contributed by atoms with van der Waals surface area (Å²) in [5.41, 5.74) is 0. The molecule has 20 heavy (non-hydrogen) atoms. The van der Waals surface area contributed by atoms with Gasteiger partial charge < -0.3 is 15.2 Å². The Hall–Kier alpha value is -1.26. The molecule has 1 fully saturated rings. The van der Waals surface area contributed by atoms with Crippen molar-refractivity contribution in [1.82, 2.24) is 5.32 Å². The molecule has 1 aromatic rings. The second-order valence-electron chi connectivity index (χ2n) is 5.30. The molecule has 3 unspecified atom stereocenters. The Morgan fingerprint density at radius 2 is 2.35 bits per heavy atom. The van der Waals surface area contributed by atoms with Gasteiger partial charge in [0.15, 0.2) is 6.10 Å². The van der Waals surface area contributed by atoms with Crippen molar-refractivity contribution in [3.63, 3.8) is 0 Å². The highest BCUT2D eigenvalue weighted by Gasteiger charge is 2.24. The van der Waals surface area contributed by atoms with Crippen LogP contribution in [0.1, 0.15) is 26.2 Å². The van der Waals surface area contributed by atoms with Gasteiger partial charge in [-0.1, -0.05) is 17.7 Å². The molecule has 0 heterocycles. The lowest BCUT2D eigenvalue weighted by molar-refractivity contribution is -0.127. The Morgan fingerprint density at radius 1 is 1.55 bits per heavy atom. The van der Waals surface area contributed by atoms with Crippen molar-refractivity contribution in [2.45, 2.75) is 38.4 Å². The van der Waals surface area contributed by atoms with Crippen molar-refractivity contribution in [1.29, 1.82) is 0 Å². The maximum Gasteiger partial charge on any atom is 0.260 e. The molecule has 1 aliphatic carbocycles. The van der Waals surface area contributed by atoms with Crippen LogP contribution >= 0.6 is 11.6 Å². The van der Waals surface area contributed by atoms with Crippen molar-refractivity contribution in [3.8, 4) is 5.75 Å². The number of amides is 1. The van der Waals surface area contributed by atoms with Gasteiger partial charge in [0.2, 0.25) is 0 Å². The number of hydrogen-bond acceptors (Lipinski definition) is 3. The Labute approximate surface area is 124 Å². The molecule has 2 N–H and O–H groups in total. The van der Waals surface area contributed by atoms with E-state index < -0.39 is 6.10 Å². The first kappa shape index (κ1) is 15.1. The smallest absolute Gasteiger partial charge is 0.260 e. The van der Waals surface area contributed by atoms with E-state index in [9.17, 15) is 9.90 Å². The van der Waals surface area contributed by atoms with Crippen LogP contribution in [0.5, 0.6) is 5.75 Å². The molecule has 1 aromatic carbocycles. The molecule has 1 amide bonds. The molecule has 1 aliphatic rings. The predicted octanol–water partition coefficient (Wildman–Crippen LogP) is 2.38. The van der Waals surface area contributed by atoms with Crippen LogP contribution in [0.3, 0.4) is 0 Å². The summed E-state index contributed by atoms with van der Waals surface area (Å²) in [7, 11) is 0. The van der Waals surface area contributed by atoms with Gasteiger partial charge in [0.25, 0.3) is 5.91 Å². The molecule has 0 saturated heterocycles. The average Bonchev–Trinajstić information content (AvgIpc) is 2.81. The molecule has 0 radical (unpaired) electrons. The van der Waals surface area contributed by atoms with Gasteiger partial charge in [0.05, 0.1) is 6.10 Å². The van der Waals surface area contributed by atoms with Crippen LogP contribution in [0.2, 0.25) is 5.02 Å². The van der Waals surface area contributed by atoms with Gasteiger partial charge >= 0.3 is 0 Å². The van der Waals surface area contributed by atoms with E-state index in [1.807, 2.05) is 0 Å². The van der Waals surface area contributed by atoms with Gasteiger partial charge in [-0.3, -0.25) is 4.79 Å². The molecular weight excluding hydrogens is 278 g/mol. The third kappa shape index (κ3) is 4.39. The average molecular weight is 298 g/mol. The SMILES string of the molecule is CC(Oc1cccc(Cl)c1)C(=O)NCC1CCC(O)C1. The number of aliphatic hydroxyl groups is 1. The van der Waals surface area contributed by atoms with Crippen LogP contribution in [-0.2, 0) is 4.79 Å². The van der Waals surface area contributed by atoms with Crippen molar-refractivity contribution >= 4 is 17.5 Å². The second kappa shape index (κ2) is 6.95. The molecule has 5 heteroatoms. The van der Waals surface area contributed by atoms with Gasteiger partial charge in [-0.25, -0.2) is 0 Å². The van der Waals surface area contributed by atoms with Crippen LogP contribution in [-0.4, -0.2) is 29.8 Å². The summed E-state index contributed by atoms with van der Waals surface area (Å²) in [6.45, 7) is 2.30. The van der Waals surface area contributed by atoms with Gasteiger partial charge in [-0.2, -0.15) is 0 Å². The van der Waals surface area contributed by atoms with Gasteiger partial charge in [-0.15, -0.1) is 0 Å². The highest BCUT2D eigenvalue weighted by molar-refractivity contribution is 6.30. The molecule has 0 spiro atoms. The monoisotopic (exact) mass is 297 g/mol. The number of benzene rings is 1. The van der Waals surface area contributed by atoms with E-state index in [4.69, 9.17) is 16.3 Å². The Kier molecular flexibility index (Phi) is 5.26. The number of nitrogens with one attached hydrogen (secondary N) is 1. The number of hydrogen-bond donors (Lipinski definition) is 2. The van der Waals surface area contributed by atoms with Gasteiger partial charge in [-0.05, 0) is 50.3 Å². The fourth-order valence-corrected chi connectivity index (χ4v) is 2.60. The molecule has 2 rings (SSSR count). The van der Waals surface area contributed by atoms with Crippen LogP contribution in [0.4, 0.5) is 0 Å². The van der Waals surface area contributed by atoms with Crippen LogP contribution in [0, 0.1) is 5.92 Å². The lowest BCUT2D eigenvalue weighted by Crippen LogP contribution is -2.38. The zero-order valence-electron chi connectivity index (χ0n) is 11.5. The third-order valence-corrected chi connectivity index (χ3v) is 3.79. The van der Waals surface area contributed by atoms with E-state index in [0.717, 1.165) is 19.3 Å². The highest BCUT2D eigenvalue weighted by atomic mass is 35.5. The number of rotatable bonds is 5. The van der Waals surface area contributed by atoms with Crippen LogP contribution in [0.15, 0.2) is 24.3 Å². The Morgan fingerprint density at radius 3 is 3.00 bits per heavy atom. The first-order chi connectivity index (χ1) is 9.54. The standard InChI is InChI=1S/C15H20ClNO3/c1-10(20-14-4-2-3-12(16)8-14)15(19)17-9-11-5-6-13(18)7-11/h2-4,8,10-11,13,18H,5-7,9H2,1H3,(H,17,19). The van der Waals surface area contributed by atoms with Gasteiger partial charge in [0.1, 0.15) is 5.75 Å². The summed E-state index contributed by atoms with van der Waals surface area (Å²) in [5.74, 6) is 0.801. The van der Waals surface area contributed by atoms with E-state index in [1.165, 1.54) is 0 Å². The number of aliphatic hydroxyl groups excluding tert-OH is 1. The minimum absolute atomic E-state index is 0.147. The van der Waals surface area contributed by atoms with Crippen molar-refractivity contribution < 1.29 is 14.6 Å². The second-order valence-corrected chi connectivity index (χ2v) is 5.73. The highest BCUT2D eigenvalue weighted by Crippen LogP contribution is 2.24. The van der Waals surface area contributed by atoms with E-state index >= 15 is 0 Å². The summed E-state index contributed by atoms with van der Waals surface area (Å²) < 4.78 is 5.55. The lowest BCUT2D eigenvalue weighted by Gasteiger charge is -2.16. The van der Waals surface area contributed by atoms with Crippen molar-refractivity contribution in [2.24, 2.45) is 5.92 Å². The van der Waals surface area contributed by atoms with E-state index in [1.54, 1.807) is 31.2 Å². The molecule has 1 saturated carbocycles. The van der Waals surface area contributed by atoms with E-state index in [2.05, 4.69) is 5.32 Å². The first-order valence-electron chi connectivity index (χ1n) is 6.92. The normalized spacial score (nSPS) is 23.4. The molecule has 0 bridgehead atoms. The van der Waals surface area contributed by atoms with Gasteiger partial charge in [0, 0.05) is 11.6 Å². The van der Waals surface area contributed by atoms with Crippen molar-refractivity contribution in [3.05, 3.63) is 29.3 Å². The van der Waals surface area contributed by atoms with Crippen LogP contribution < -0.4 is 10.1 Å². The minimum atomic E-state index is -0.570. The number of ether oxygens (including phenoxy) is 1. The third-order valence-electron chi connectivity index (χ3n) is 3.56. The number of carbonyl (C=O) groups excluding carboxylic acids is 1. The zero-order valence-corrected chi connectivity index (χ0v) is 12.3. The van der Waals surface area contributed by atoms with E-state index in [0.29, 0.717) is 23.2 Å². The minimum Gasteiger partial charge on any atom is -0.481 e. The maximum absolute atomic E-state index is 11.9. The number of carbonyl (C=O) groups is 1. The maximum atomic E-state index is 11.9. The summed E-state index contributed by atoms with van der Waals surface area (Å²) in [6, 6.07) is 6.98. The molecule has 4 nitrogen and oxygen atoms in total. The molecule has 3 atom stereocenters. The topological polar surface area (TPSA) is 58.6 Å². The fraction of sp³-hybridized carbons (Fsp3) is 0.533. The molecule has 110 valence electrons. The number of halogens is 1. The Bertz CT molecular complexity index is 466. The molecule has 0 aliphatic heterocycles. The summed E-state index contributed by atoms with van der Waals surface area (Å²) >= 11 is 5.86.